The summed E-state index contributed by atoms with van der Waals surface area (Å²) in [5, 5.41) is 12.4. The van der Waals surface area contributed by atoms with Crippen molar-refractivity contribution in [3.63, 3.8) is 0 Å². The molecule has 6 nitrogen and oxygen atoms in total. The third-order valence-electron chi connectivity index (χ3n) is 4.01. The molecule has 0 aromatic carbocycles. The highest BCUT2D eigenvalue weighted by Gasteiger charge is 2.40. The van der Waals surface area contributed by atoms with E-state index in [4.69, 9.17) is 10.00 Å². The minimum Gasteiger partial charge on any atom is -0.466 e. The number of nitrogens with one attached hydrogen (secondary N) is 1. The van der Waals surface area contributed by atoms with Crippen LogP contribution in [0.2, 0.25) is 0 Å². The molecular weight excluding hydrogens is 304 g/mol. The Morgan fingerprint density at radius 1 is 1.59 bits per heavy atom. The van der Waals surface area contributed by atoms with Crippen molar-refractivity contribution in [2.24, 2.45) is 5.41 Å². The lowest BCUT2D eigenvalue weighted by molar-refractivity contribution is -0.154. The van der Waals surface area contributed by atoms with Crippen LogP contribution < -0.4 is 5.32 Å². The maximum Gasteiger partial charge on any atom is 0.313 e. The zero-order chi connectivity index (χ0) is 15.5. The average Bonchev–Trinajstić information content (AvgIpc) is 2.77. The van der Waals surface area contributed by atoms with Crippen LogP contribution in [0.5, 0.6) is 0 Å². The highest BCUT2D eigenvalue weighted by Crippen LogP contribution is 2.29. The number of halogens is 1. The molecule has 0 aromatic rings. The number of nitrogens with zero attached hydrogens (tertiary/aromatic N) is 3. The van der Waals surface area contributed by atoms with Crippen molar-refractivity contribution in [3.8, 4) is 6.07 Å². The molecule has 2 fully saturated rings. The van der Waals surface area contributed by atoms with Crippen molar-refractivity contribution >= 4 is 18.4 Å². The molecule has 7 heteroatoms. The predicted molar refractivity (Wildman–Crippen MR) is 86.3 cm³/mol. The smallest absolute Gasteiger partial charge is 0.313 e. The third-order valence-corrected chi connectivity index (χ3v) is 4.01. The number of fused-ring (bicyclic) bond motifs is 1. The van der Waals surface area contributed by atoms with Gasteiger partial charge in [-0.25, -0.2) is 0 Å². The van der Waals surface area contributed by atoms with E-state index in [1.807, 2.05) is 20.8 Å². The molecule has 1 unspecified atom stereocenters. The quantitative estimate of drug-likeness (QED) is 0.612. The van der Waals surface area contributed by atoms with Gasteiger partial charge in [-0.15, -0.1) is 12.4 Å². The van der Waals surface area contributed by atoms with Gasteiger partial charge in [0.25, 0.3) is 0 Å². The molecule has 0 aliphatic carbocycles. The lowest BCUT2D eigenvalue weighted by atomic mass is 9.93. The lowest BCUT2D eigenvalue weighted by Gasteiger charge is -2.32. The molecule has 0 saturated carbocycles. The second-order valence-corrected chi connectivity index (χ2v) is 6.17. The first-order chi connectivity index (χ1) is 9.99. The molecule has 2 aliphatic heterocycles. The number of nitriles is 1. The number of allylic oxidation sites excluding steroid dienone is 1. The Hall–Kier alpha value is -1.45. The summed E-state index contributed by atoms with van der Waals surface area (Å²) < 4.78 is 5.15. The first-order valence-electron chi connectivity index (χ1n) is 7.49. The van der Waals surface area contributed by atoms with Gasteiger partial charge < -0.3 is 19.9 Å². The summed E-state index contributed by atoms with van der Waals surface area (Å²) in [5.41, 5.74) is -0.591. The van der Waals surface area contributed by atoms with Crippen molar-refractivity contribution in [2.75, 3.05) is 39.3 Å². The molecule has 1 atom stereocenters. The zero-order valence-electron chi connectivity index (χ0n) is 13.5. The largest absolute Gasteiger partial charge is 0.466 e. The minimum atomic E-state index is -0.591. The number of piperazine rings is 1. The second kappa shape index (κ2) is 7.70. The summed E-state index contributed by atoms with van der Waals surface area (Å²) in [6.07, 6.45) is 1.59. The number of rotatable bonds is 4. The van der Waals surface area contributed by atoms with Crippen LogP contribution >= 0.6 is 12.4 Å². The highest BCUT2D eigenvalue weighted by molar-refractivity contribution is 5.85. The summed E-state index contributed by atoms with van der Waals surface area (Å²) in [7, 11) is 0. The fourth-order valence-electron chi connectivity index (χ4n) is 3.00. The average molecular weight is 329 g/mol. The molecule has 2 aliphatic rings. The van der Waals surface area contributed by atoms with Gasteiger partial charge in [0.2, 0.25) is 0 Å². The van der Waals surface area contributed by atoms with E-state index in [9.17, 15) is 4.79 Å². The highest BCUT2D eigenvalue weighted by atomic mass is 35.5. The summed E-state index contributed by atoms with van der Waals surface area (Å²) >= 11 is 0. The Bertz CT molecular complexity index is 473. The number of carbonyl (C=O) groups is 1. The first kappa shape index (κ1) is 18.6. The predicted octanol–water partition coefficient (Wildman–Crippen LogP) is 0.952. The van der Waals surface area contributed by atoms with E-state index in [0.717, 1.165) is 32.0 Å². The SMILES string of the molecule is CCOC(=O)C(C)(C)CN1CC2CNCCN2C1=CC#N.Cl. The monoisotopic (exact) mass is 328 g/mol. The van der Waals surface area contributed by atoms with Crippen molar-refractivity contribution in [1.29, 1.82) is 5.26 Å². The molecule has 0 bridgehead atoms. The summed E-state index contributed by atoms with van der Waals surface area (Å²) in [4.78, 5) is 16.5. The molecule has 124 valence electrons. The van der Waals surface area contributed by atoms with Crippen LogP contribution in [0.3, 0.4) is 0 Å². The van der Waals surface area contributed by atoms with Gasteiger partial charge >= 0.3 is 5.97 Å². The maximum atomic E-state index is 12.1. The van der Waals surface area contributed by atoms with Crippen LogP contribution in [0.25, 0.3) is 0 Å². The van der Waals surface area contributed by atoms with Crippen molar-refractivity contribution in [3.05, 3.63) is 11.9 Å². The number of ether oxygens (including phenoxy) is 1. The maximum absolute atomic E-state index is 12.1. The van der Waals surface area contributed by atoms with E-state index >= 15 is 0 Å². The number of hydrogen-bond donors (Lipinski definition) is 1. The van der Waals surface area contributed by atoms with Gasteiger partial charge in [-0.3, -0.25) is 4.79 Å². The minimum absolute atomic E-state index is 0. The standard InChI is InChI=1S/C15H24N4O2.ClH/c1-4-21-14(20)15(2,3)11-18-10-12-9-17-7-8-19(12)13(18)5-6-16;/h5,12,17H,4,7-11H2,1-3H3;1H. The second-order valence-electron chi connectivity index (χ2n) is 6.17. The molecule has 0 aromatic heterocycles. The molecule has 22 heavy (non-hydrogen) atoms. The van der Waals surface area contributed by atoms with Crippen LogP contribution in [-0.2, 0) is 9.53 Å². The van der Waals surface area contributed by atoms with E-state index in [1.54, 1.807) is 6.08 Å². The van der Waals surface area contributed by atoms with E-state index in [1.165, 1.54) is 0 Å². The van der Waals surface area contributed by atoms with Gasteiger partial charge in [-0.2, -0.15) is 5.26 Å². The van der Waals surface area contributed by atoms with Gasteiger partial charge in [-0.05, 0) is 20.8 Å². The van der Waals surface area contributed by atoms with Crippen LogP contribution in [-0.4, -0.2) is 61.1 Å². The third kappa shape index (κ3) is 3.84. The summed E-state index contributed by atoms with van der Waals surface area (Å²) in [6, 6.07) is 2.50. The van der Waals surface area contributed by atoms with E-state index in [0.29, 0.717) is 19.2 Å². The summed E-state index contributed by atoms with van der Waals surface area (Å²) in [6.45, 7) is 10.1. The lowest BCUT2D eigenvalue weighted by Crippen LogP contribution is -2.48. The number of carbonyl (C=O) groups excluding carboxylic acids is 1. The van der Waals surface area contributed by atoms with Gasteiger partial charge in [-0.1, -0.05) is 0 Å². The topological polar surface area (TPSA) is 68.6 Å². The van der Waals surface area contributed by atoms with Crippen molar-refractivity contribution in [1.82, 2.24) is 15.1 Å². The van der Waals surface area contributed by atoms with Crippen molar-refractivity contribution < 1.29 is 9.53 Å². The van der Waals surface area contributed by atoms with Gasteiger partial charge in [0.1, 0.15) is 5.82 Å². The fourth-order valence-corrected chi connectivity index (χ4v) is 3.00. The van der Waals surface area contributed by atoms with Crippen LogP contribution in [0.1, 0.15) is 20.8 Å². The van der Waals surface area contributed by atoms with E-state index < -0.39 is 5.41 Å². The van der Waals surface area contributed by atoms with Crippen LogP contribution in [0, 0.1) is 16.7 Å². The van der Waals surface area contributed by atoms with Crippen LogP contribution in [0.15, 0.2) is 11.9 Å². The Morgan fingerprint density at radius 2 is 2.32 bits per heavy atom. The van der Waals surface area contributed by atoms with Gasteiger partial charge in [0.15, 0.2) is 0 Å². The summed E-state index contributed by atoms with van der Waals surface area (Å²) in [5.74, 6) is 0.741. The van der Waals surface area contributed by atoms with Gasteiger partial charge in [0, 0.05) is 32.7 Å². The fraction of sp³-hybridized carbons (Fsp3) is 0.733. The Morgan fingerprint density at radius 3 is 2.95 bits per heavy atom. The molecule has 0 radical (unpaired) electrons. The number of hydrogen-bond acceptors (Lipinski definition) is 6. The Balaban J connectivity index is 0.00000242. The first-order valence-corrected chi connectivity index (χ1v) is 7.49. The molecular formula is C15H25ClN4O2. The van der Waals surface area contributed by atoms with Gasteiger partial charge in [0.05, 0.1) is 30.2 Å². The molecule has 0 amide bonds. The molecule has 2 rings (SSSR count). The molecule has 0 spiro atoms. The molecule has 1 N–H and O–H groups in total. The normalized spacial score (nSPS) is 22.8. The Kier molecular flexibility index (Phi) is 6.51. The number of esters is 1. The molecule has 2 saturated heterocycles. The Labute approximate surface area is 138 Å². The molecule has 2 heterocycles. The van der Waals surface area contributed by atoms with E-state index in [-0.39, 0.29) is 18.4 Å². The van der Waals surface area contributed by atoms with Crippen molar-refractivity contribution in [2.45, 2.75) is 26.8 Å². The van der Waals surface area contributed by atoms with Crippen LogP contribution in [0.4, 0.5) is 0 Å². The van der Waals surface area contributed by atoms with E-state index in [2.05, 4.69) is 21.2 Å². The zero-order valence-corrected chi connectivity index (χ0v) is 14.3.